The van der Waals surface area contributed by atoms with Crippen molar-refractivity contribution in [3.63, 3.8) is 0 Å². The summed E-state index contributed by atoms with van der Waals surface area (Å²) in [5, 5.41) is 17.5. The molecule has 0 radical (unpaired) electrons. The van der Waals surface area contributed by atoms with Gasteiger partial charge in [-0.2, -0.15) is 13.2 Å². The average Bonchev–Trinajstić information content (AvgIpc) is 2.17. The van der Waals surface area contributed by atoms with Crippen LogP contribution in [0.5, 0.6) is 0 Å². The van der Waals surface area contributed by atoms with Gasteiger partial charge in [0.1, 0.15) is 0 Å². The smallest absolute Gasteiger partial charge is 0.415 e. The van der Waals surface area contributed by atoms with Crippen LogP contribution >= 0.6 is 0 Å². The van der Waals surface area contributed by atoms with Crippen molar-refractivity contribution in [1.29, 1.82) is 0 Å². The van der Waals surface area contributed by atoms with Gasteiger partial charge in [0, 0.05) is 6.54 Å². The quantitative estimate of drug-likeness (QED) is 0.763. The molecule has 0 aromatic rings. The zero-order chi connectivity index (χ0) is 12.3. The van der Waals surface area contributed by atoms with Crippen LogP contribution in [0.4, 0.5) is 13.2 Å². The van der Waals surface area contributed by atoms with Gasteiger partial charge >= 0.3 is 12.1 Å². The third-order valence-electron chi connectivity index (χ3n) is 2.75. The van der Waals surface area contributed by atoms with Gasteiger partial charge in [-0.15, -0.1) is 0 Å². The van der Waals surface area contributed by atoms with E-state index in [0.29, 0.717) is 12.8 Å². The number of hydrogen-bond donors (Lipinski definition) is 2. The van der Waals surface area contributed by atoms with Gasteiger partial charge < -0.3 is 15.1 Å². The molecule has 1 atom stereocenters. The number of rotatable bonds is 3. The first-order valence-corrected chi connectivity index (χ1v) is 5.00. The van der Waals surface area contributed by atoms with Gasteiger partial charge in [-0.25, -0.2) is 0 Å². The Balaban J connectivity index is 2.35. The Morgan fingerprint density at radius 1 is 1.38 bits per heavy atom. The van der Waals surface area contributed by atoms with E-state index in [9.17, 15) is 18.0 Å². The first kappa shape index (κ1) is 13.2. The van der Waals surface area contributed by atoms with E-state index >= 15 is 0 Å². The Bertz CT molecular complexity index is 249. The number of carbonyl (C=O) groups is 1. The van der Waals surface area contributed by atoms with Crippen LogP contribution in [-0.4, -0.2) is 53.0 Å². The number of aliphatic hydroxyl groups is 1. The van der Waals surface area contributed by atoms with E-state index in [-0.39, 0.29) is 13.1 Å². The summed E-state index contributed by atoms with van der Waals surface area (Å²) in [6.45, 7) is 0.0874. The van der Waals surface area contributed by atoms with E-state index < -0.39 is 30.7 Å². The second-order valence-electron chi connectivity index (χ2n) is 3.97. The summed E-state index contributed by atoms with van der Waals surface area (Å²) in [7, 11) is 0. The van der Waals surface area contributed by atoms with Crippen LogP contribution in [0.1, 0.15) is 12.8 Å². The summed E-state index contributed by atoms with van der Waals surface area (Å²) in [6.07, 6.45) is -6.29. The largest absolute Gasteiger partial charge is 0.481 e. The summed E-state index contributed by atoms with van der Waals surface area (Å²) >= 11 is 0. The van der Waals surface area contributed by atoms with Crippen LogP contribution in [-0.2, 0) is 4.79 Å². The zero-order valence-electron chi connectivity index (χ0n) is 8.57. The first-order valence-electron chi connectivity index (χ1n) is 5.00. The van der Waals surface area contributed by atoms with Crippen molar-refractivity contribution in [2.45, 2.75) is 25.1 Å². The van der Waals surface area contributed by atoms with Gasteiger partial charge in [-0.05, 0) is 25.9 Å². The Hall–Kier alpha value is -0.820. The van der Waals surface area contributed by atoms with Crippen LogP contribution in [0.25, 0.3) is 0 Å². The number of β-amino-alcohol motifs (C(OH)–C–C–N with tert-alkyl or cyclic N) is 1. The molecule has 0 aliphatic carbocycles. The van der Waals surface area contributed by atoms with E-state index in [1.807, 2.05) is 0 Å². The predicted molar refractivity (Wildman–Crippen MR) is 48.9 cm³/mol. The normalized spacial score (nSPS) is 22.0. The Morgan fingerprint density at radius 2 is 1.88 bits per heavy atom. The van der Waals surface area contributed by atoms with E-state index in [1.165, 1.54) is 4.90 Å². The summed E-state index contributed by atoms with van der Waals surface area (Å²) in [5.41, 5.74) is 0. The maximum atomic E-state index is 12.0. The molecule has 0 spiro atoms. The third kappa shape index (κ3) is 3.64. The molecule has 16 heavy (non-hydrogen) atoms. The van der Waals surface area contributed by atoms with Crippen molar-refractivity contribution < 1.29 is 28.2 Å². The summed E-state index contributed by atoms with van der Waals surface area (Å²) < 4.78 is 36.1. The molecule has 2 N–H and O–H groups in total. The molecule has 1 saturated heterocycles. The highest BCUT2D eigenvalue weighted by Gasteiger charge is 2.39. The van der Waals surface area contributed by atoms with Gasteiger partial charge in [0.05, 0.1) is 5.92 Å². The second-order valence-corrected chi connectivity index (χ2v) is 3.97. The Labute approximate surface area is 90.7 Å². The summed E-state index contributed by atoms with van der Waals surface area (Å²) in [4.78, 5) is 12.0. The van der Waals surface area contributed by atoms with Crippen molar-refractivity contribution in [3.8, 4) is 0 Å². The van der Waals surface area contributed by atoms with Gasteiger partial charge in [-0.1, -0.05) is 0 Å². The molecule has 1 aliphatic rings. The number of aliphatic carboxylic acids is 1. The van der Waals surface area contributed by atoms with Crippen LogP contribution in [0, 0.1) is 5.92 Å². The lowest BCUT2D eigenvalue weighted by atomic mass is 9.97. The molecule has 1 aliphatic heterocycles. The fraction of sp³-hybridized carbons (Fsp3) is 0.889. The Kier molecular flexibility index (Phi) is 4.15. The number of hydrogen-bond acceptors (Lipinski definition) is 3. The topological polar surface area (TPSA) is 60.8 Å². The lowest BCUT2D eigenvalue weighted by Gasteiger charge is -2.31. The molecule has 1 fully saturated rings. The number of nitrogens with zero attached hydrogens (tertiary/aromatic N) is 1. The molecule has 94 valence electrons. The lowest BCUT2D eigenvalue weighted by molar-refractivity contribution is -0.209. The molecule has 1 heterocycles. The van der Waals surface area contributed by atoms with Crippen LogP contribution < -0.4 is 0 Å². The minimum absolute atomic E-state index is 0.282. The van der Waals surface area contributed by atoms with Gasteiger partial charge in [0.25, 0.3) is 0 Å². The zero-order valence-corrected chi connectivity index (χ0v) is 8.57. The second kappa shape index (κ2) is 5.01. The predicted octanol–water partition coefficient (Wildman–Crippen LogP) is 0.706. The molecule has 4 nitrogen and oxygen atoms in total. The van der Waals surface area contributed by atoms with E-state index in [1.54, 1.807) is 0 Å². The average molecular weight is 241 g/mol. The number of carboxylic acids is 1. The summed E-state index contributed by atoms with van der Waals surface area (Å²) in [6, 6.07) is 0. The molecule has 1 rings (SSSR count). The van der Waals surface area contributed by atoms with Crippen LogP contribution in [0.3, 0.4) is 0 Å². The number of halogens is 3. The number of carboxylic acid groups (broad SMARTS) is 1. The number of alkyl halides is 3. The third-order valence-corrected chi connectivity index (χ3v) is 2.75. The maximum Gasteiger partial charge on any atom is 0.415 e. The van der Waals surface area contributed by atoms with Crippen LogP contribution in [0.2, 0.25) is 0 Å². The molecule has 0 aromatic carbocycles. The van der Waals surface area contributed by atoms with Crippen molar-refractivity contribution in [2.75, 3.05) is 19.6 Å². The van der Waals surface area contributed by atoms with Crippen molar-refractivity contribution in [3.05, 3.63) is 0 Å². The first-order chi connectivity index (χ1) is 7.30. The Morgan fingerprint density at radius 3 is 2.25 bits per heavy atom. The minimum Gasteiger partial charge on any atom is -0.481 e. The molecule has 0 saturated carbocycles. The van der Waals surface area contributed by atoms with Gasteiger partial charge in [-0.3, -0.25) is 4.79 Å². The number of likely N-dealkylation sites (tertiary alicyclic amines) is 1. The maximum absolute atomic E-state index is 12.0. The van der Waals surface area contributed by atoms with Gasteiger partial charge in [0.2, 0.25) is 0 Å². The lowest BCUT2D eigenvalue weighted by Crippen LogP contribution is -2.45. The molecule has 0 aromatic heterocycles. The minimum atomic E-state index is -4.61. The molecule has 1 unspecified atom stereocenters. The van der Waals surface area contributed by atoms with Crippen molar-refractivity contribution in [1.82, 2.24) is 4.90 Å². The van der Waals surface area contributed by atoms with E-state index in [4.69, 9.17) is 10.2 Å². The highest BCUT2D eigenvalue weighted by Crippen LogP contribution is 2.23. The molecular weight excluding hydrogens is 227 g/mol. The standard InChI is InChI=1S/C9H14F3NO3/c10-9(11,12)7(14)5-13-3-1-6(2-4-13)8(15)16/h6-7,14H,1-5H2,(H,15,16). The van der Waals surface area contributed by atoms with E-state index in [0.717, 1.165) is 0 Å². The molecule has 7 heteroatoms. The van der Waals surface area contributed by atoms with Crippen LogP contribution in [0.15, 0.2) is 0 Å². The molecule has 0 amide bonds. The van der Waals surface area contributed by atoms with Gasteiger partial charge in [0.15, 0.2) is 6.10 Å². The monoisotopic (exact) mass is 241 g/mol. The highest BCUT2D eigenvalue weighted by atomic mass is 19.4. The van der Waals surface area contributed by atoms with E-state index in [2.05, 4.69) is 0 Å². The number of piperidine rings is 1. The SMILES string of the molecule is O=C(O)C1CCN(CC(O)C(F)(F)F)CC1. The molecule has 0 bridgehead atoms. The fourth-order valence-corrected chi connectivity index (χ4v) is 1.71. The number of aliphatic hydroxyl groups excluding tert-OH is 1. The summed E-state index contributed by atoms with van der Waals surface area (Å²) in [5.74, 6) is -1.38. The van der Waals surface area contributed by atoms with Crippen molar-refractivity contribution >= 4 is 5.97 Å². The molecular formula is C9H14F3NO3. The fourth-order valence-electron chi connectivity index (χ4n) is 1.71. The van der Waals surface area contributed by atoms with Crippen molar-refractivity contribution in [2.24, 2.45) is 5.92 Å². The highest BCUT2D eigenvalue weighted by molar-refractivity contribution is 5.70.